The molecule has 0 unspecified atom stereocenters. The topological polar surface area (TPSA) is 255 Å². The van der Waals surface area contributed by atoms with E-state index in [1.807, 2.05) is 13.8 Å². The first-order chi connectivity index (χ1) is 21.3. The van der Waals surface area contributed by atoms with Crippen LogP contribution in [0, 0.1) is 5.92 Å². The molecular weight excluding hydrogens is 584 g/mol. The first kappa shape index (κ1) is 36.7. The molecule has 0 aliphatic heterocycles. The number of nitrogens with zero attached hydrogens (tertiary/aromatic N) is 1. The average Bonchev–Trinajstić information content (AvgIpc) is 3.49. The molecule has 0 saturated carbocycles. The summed E-state index contributed by atoms with van der Waals surface area (Å²) in [5.41, 5.74) is 12.6. The molecule has 15 nitrogen and oxygen atoms in total. The number of hydrogen-bond acceptors (Lipinski definition) is 9. The molecule has 0 radical (unpaired) electrons. The van der Waals surface area contributed by atoms with Gasteiger partial charge >= 0.3 is 5.97 Å². The Kier molecular flexibility index (Phi) is 15.0. The van der Waals surface area contributed by atoms with Crippen LogP contribution in [0.1, 0.15) is 57.7 Å². The highest BCUT2D eigenvalue weighted by Crippen LogP contribution is 2.12. The summed E-state index contributed by atoms with van der Waals surface area (Å²) >= 11 is 0. The Balaban J connectivity index is 2.19. The van der Waals surface area contributed by atoms with Crippen molar-refractivity contribution in [2.75, 3.05) is 6.54 Å². The molecule has 2 rings (SSSR count). The van der Waals surface area contributed by atoms with Gasteiger partial charge in [0, 0.05) is 19.0 Å². The highest BCUT2D eigenvalue weighted by Gasteiger charge is 2.31. The zero-order valence-electron chi connectivity index (χ0n) is 25.9. The second kappa shape index (κ2) is 18.3. The number of nitrogens with two attached hydrogens (primary N) is 2. The smallest absolute Gasteiger partial charge is 0.326 e. The molecule has 1 aromatic carbocycles. The lowest BCUT2D eigenvalue weighted by atomic mass is 10.0. The first-order valence-corrected chi connectivity index (χ1v) is 15.0. The summed E-state index contributed by atoms with van der Waals surface area (Å²) in [4.78, 5) is 71.3. The minimum Gasteiger partial charge on any atom is -0.508 e. The summed E-state index contributed by atoms with van der Waals surface area (Å²) in [6.45, 7) is 5.65. The number of aromatic amines is 1. The Morgan fingerprint density at radius 1 is 0.844 bits per heavy atom. The van der Waals surface area contributed by atoms with Crippen LogP contribution in [-0.4, -0.2) is 86.5 Å². The average molecular weight is 631 g/mol. The number of aromatic hydroxyl groups is 1. The van der Waals surface area contributed by atoms with Gasteiger partial charge in [-0.2, -0.15) is 0 Å². The predicted molar refractivity (Wildman–Crippen MR) is 165 cm³/mol. The van der Waals surface area contributed by atoms with Crippen LogP contribution in [0.15, 0.2) is 36.8 Å². The lowest BCUT2D eigenvalue weighted by Gasteiger charge is -2.25. The van der Waals surface area contributed by atoms with Crippen molar-refractivity contribution in [2.24, 2.45) is 17.4 Å². The number of hydrogen-bond donors (Lipinski definition) is 9. The second-order valence-electron chi connectivity index (χ2n) is 11.4. The van der Waals surface area contributed by atoms with Crippen LogP contribution in [-0.2, 0) is 36.8 Å². The van der Waals surface area contributed by atoms with Gasteiger partial charge in [0.2, 0.25) is 23.6 Å². The number of rotatable bonds is 19. The number of unbranched alkanes of at least 4 members (excludes halogenated alkanes) is 1. The highest BCUT2D eigenvalue weighted by atomic mass is 16.4. The van der Waals surface area contributed by atoms with Crippen LogP contribution in [0.25, 0.3) is 0 Å². The van der Waals surface area contributed by atoms with Crippen molar-refractivity contribution < 1.29 is 34.2 Å². The number of phenols is 1. The Labute approximate surface area is 262 Å². The number of imidazole rings is 1. The molecule has 0 fully saturated rings. The summed E-state index contributed by atoms with van der Waals surface area (Å²) in [7, 11) is 0. The zero-order valence-corrected chi connectivity index (χ0v) is 25.9. The fourth-order valence-electron chi connectivity index (χ4n) is 4.49. The molecule has 11 N–H and O–H groups in total. The monoisotopic (exact) mass is 630 g/mol. The minimum absolute atomic E-state index is 0.0142. The van der Waals surface area contributed by atoms with E-state index in [-0.39, 0.29) is 30.9 Å². The lowest BCUT2D eigenvalue weighted by molar-refractivity contribution is -0.142. The van der Waals surface area contributed by atoms with E-state index < -0.39 is 59.8 Å². The van der Waals surface area contributed by atoms with Gasteiger partial charge in [-0.05, 0) is 62.8 Å². The number of carbonyl (C=O) groups excluding carboxylic acids is 4. The standard InChI is InChI=1S/C30H46N8O7/c1-17(2)12-22(32)27(41)35-18(3)26(40)37-24(14-20-15-33-16-34-20)29(43)36-23(6-4-5-11-31)28(42)38-25(30(44)45)13-19-7-9-21(39)10-8-19/h7-10,15-18,22-25,39H,4-6,11-14,31-32H2,1-3H3,(H,33,34)(H,35,41)(H,36,43)(H,37,40)(H,38,42)(H,44,45)/t18-,22-,23-,24-,25-/m0/s1. The molecule has 15 heteroatoms. The van der Waals surface area contributed by atoms with Crippen molar-refractivity contribution in [3.05, 3.63) is 48.0 Å². The SMILES string of the molecule is CC(C)C[C@H](N)C(=O)N[C@@H](C)C(=O)N[C@@H](Cc1c[nH]cn1)C(=O)N[C@@H](CCCCN)C(=O)N[C@@H](Cc1ccc(O)cc1)C(=O)O. The van der Waals surface area contributed by atoms with Crippen molar-refractivity contribution in [2.45, 2.75) is 89.5 Å². The van der Waals surface area contributed by atoms with E-state index in [0.717, 1.165) is 0 Å². The van der Waals surface area contributed by atoms with Gasteiger partial charge in [0.05, 0.1) is 18.1 Å². The number of aliphatic carboxylic acids is 1. The maximum Gasteiger partial charge on any atom is 0.326 e. The molecule has 2 aromatic rings. The highest BCUT2D eigenvalue weighted by molar-refractivity contribution is 5.95. The zero-order chi connectivity index (χ0) is 33.5. The molecule has 0 aliphatic rings. The summed E-state index contributed by atoms with van der Waals surface area (Å²) in [5, 5.41) is 29.6. The third kappa shape index (κ3) is 12.9. The van der Waals surface area contributed by atoms with Crippen molar-refractivity contribution in [1.82, 2.24) is 31.2 Å². The Morgan fingerprint density at radius 3 is 2.04 bits per heavy atom. The summed E-state index contributed by atoms with van der Waals surface area (Å²) in [6, 6.07) is 0.422. The summed E-state index contributed by atoms with van der Waals surface area (Å²) in [5.74, 6) is -3.69. The van der Waals surface area contributed by atoms with Gasteiger partial charge in [-0.15, -0.1) is 0 Å². The molecule has 45 heavy (non-hydrogen) atoms. The van der Waals surface area contributed by atoms with E-state index in [2.05, 4.69) is 31.2 Å². The van der Waals surface area contributed by atoms with Crippen LogP contribution in [0.3, 0.4) is 0 Å². The van der Waals surface area contributed by atoms with Gasteiger partial charge in [0.15, 0.2) is 0 Å². The van der Waals surface area contributed by atoms with Crippen LogP contribution in [0.5, 0.6) is 5.75 Å². The van der Waals surface area contributed by atoms with Gasteiger partial charge in [-0.3, -0.25) is 19.2 Å². The molecule has 5 atom stereocenters. The van der Waals surface area contributed by atoms with Crippen molar-refractivity contribution in [3.8, 4) is 5.75 Å². The second-order valence-corrected chi connectivity index (χ2v) is 11.4. The maximum absolute atomic E-state index is 13.6. The van der Waals surface area contributed by atoms with Gasteiger partial charge in [0.1, 0.15) is 29.9 Å². The van der Waals surface area contributed by atoms with Gasteiger partial charge in [-0.25, -0.2) is 9.78 Å². The third-order valence-electron chi connectivity index (χ3n) is 6.99. The van der Waals surface area contributed by atoms with Crippen LogP contribution in [0.2, 0.25) is 0 Å². The number of carboxylic acid groups (broad SMARTS) is 1. The fraction of sp³-hybridized carbons (Fsp3) is 0.533. The van der Waals surface area contributed by atoms with Crippen LogP contribution >= 0.6 is 0 Å². The molecule has 0 spiro atoms. The number of amides is 4. The molecule has 0 aliphatic carbocycles. The normalized spacial score (nSPS) is 14.4. The Bertz CT molecular complexity index is 1250. The van der Waals surface area contributed by atoms with Gasteiger partial charge in [0.25, 0.3) is 0 Å². The number of benzene rings is 1. The van der Waals surface area contributed by atoms with E-state index in [1.54, 1.807) is 18.3 Å². The molecule has 248 valence electrons. The number of carboxylic acids is 1. The Hall–Kier alpha value is -4.50. The van der Waals surface area contributed by atoms with E-state index in [9.17, 15) is 34.2 Å². The van der Waals surface area contributed by atoms with Crippen molar-refractivity contribution in [3.63, 3.8) is 0 Å². The first-order valence-electron chi connectivity index (χ1n) is 15.0. The Morgan fingerprint density at radius 2 is 1.47 bits per heavy atom. The van der Waals surface area contributed by atoms with Crippen molar-refractivity contribution in [1.29, 1.82) is 0 Å². The number of nitrogens with one attached hydrogen (secondary N) is 5. The van der Waals surface area contributed by atoms with E-state index in [1.165, 1.54) is 25.4 Å². The van der Waals surface area contributed by atoms with Crippen molar-refractivity contribution >= 4 is 29.6 Å². The lowest BCUT2D eigenvalue weighted by Crippen LogP contribution is -2.58. The van der Waals surface area contributed by atoms with Gasteiger partial charge in [-0.1, -0.05) is 26.0 Å². The largest absolute Gasteiger partial charge is 0.508 e. The van der Waals surface area contributed by atoms with E-state index >= 15 is 0 Å². The summed E-state index contributed by atoms with van der Waals surface area (Å²) < 4.78 is 0. The molecule has 0 bridgehead atoms. The number of phenolic OH excluding ortho intramolecular Hbond substituents is 1. The minimum atomic E-state index is -1.32. The molecule has 1 heterocycles. The van der Waals surface area contributed by atoms with E-state index in [0.29, 0.717) is 37.1 Å². The molecule has 1 aromatic heterocycles. The molecular formula is C30H46N8O7. The van der Waals surface area contributed by atoms with Gasteiger partial charge < -0.3 is 47.9 Å². The number of aromatic nitrogens is 2. The maximum atomic E-state index is 13.6. The fourth-order valence-corrected chi connectivity index (χ4v) is 4.49. The predicted octanol–water partition coefficient (Wildman–Crippen LogP) is -0.553. The molecule has 0 saturated heterocycles. The number of carbonyl (C=O) groups is 5. The van der Waals surface area contributed by atoms with Crippen LogP contribution < -0.4 is 32.7 Å². The number of H-pyrrole nitrogens is 1. The third-order valence-corrected chi connectivity index (χ3v) is 6.99. The van der Waals surface area contributed by atoms with Crippen LogP contribution in [0.4, 0.5) is 0 Å². The van der Waals surface area contributed by atoms with E-state index in [4.69, 9.17) is 11.5 Å². The quantitative estimate of drug-likeness (QED) is 0.0895. The summed E-state index contributed by atoms with van der Waals surface area (Å²) in [6.07, 6.45) is 4.46. The molecule has 4 amide bonds.